The summed E-state index contributed by atoms with van der Waals surface area (Å²) in [6.45, 7) is 4.64. The van der Waals surface area contributed by atoms with Crippen LogP contribution in [0.25, 0.3) is 5.69 Å². The molecule has 0 bridgehead atoms. The lowest BCUT2D eigenvalue weighted by Gasteiger charge is -2.25. The zero-order valence-corrected chi connectivity index (χ0v) is 17.0. The van der Waals surface area contributed by atoms with Gasteiger partial charge in [-0.1, -0.05) is 55.0 Å². The van der Waals surface area contributed by atoms with E-state index in [1.165, 1.54) is 11.1 Å². The molecule has 0 aliphatic rings. The summed E-state index contributed by atoms with van der Waals surface area (Å²) in [7, 11) is 4.05. The van der Waals surface area contributed by atoms with Crippen molar-refractivity contribution in [3.8, 4) is 5.69 Å². The normalized spacial score (nSPS) is 12.2. The van der Waals surface area contributed by atoms with Crippen molar-refractivity contribution in [2.75, 3.05) is 20.6 Å². The zero-order chi connectivity index (χ0) is 20.1. The fourth-order valence-corrected chi connectivity index (χ4v) is 3.37. The highest BCUT2D eigenvalue weighted by Crippen LogP contribution is 2.19. The Hall–Kier alpha value is -2.92. The molecule has 1 aromatic heterocycles. The Labute approximate surface area is 167 Å². The lowest BCUT2D eigenvalue weighted by molar-refractivity contribution is 0.0941. The average molecular weight is 377 g/mol. The maximum atomic E-state index is 12.9. The van der Waals surface area contributed by atoms with Crippen molar-refractivity contribution in [2.24, 2.45) is 0 Å². The van der Waals surface area contributed by atoms with E-state index in [2.05, 4.69) is 46.5 Å². The number of nitrogens with zero attached hydrogens (tertiary/aromatic N) is 3. The van der Waals surface area contributed by atoms with E-state index in [9.17, 15) is 4.79 Å². The van der Waals surface area contributed by atoms with Gasteiger partial charge in [-0.05, 0) is 45.1 Å². The number of rotatable bonds is 7. The molecule has 0 spiro atoms. The van der Waals surface area contributed by atoms with Crippen LogP contribution in [-0.4, -0.2) is 41.2 Å². The number of hydrogen-bond acceptors (Lipinski definition) is 3. The molecule has 0 fully saturated rings. The van der Waals surface area contributed by atoms with E-state index >= 15 is 0 Å². The van der Waals surface area contributed by atoms with Crippen LogP contribution in [0.1, 0.15) is 40.1 Å². The average Bonchev–Trinajstić information content (AvgIpc) is 3.13. The van der Waals surface area contributed by atoms with Crippen molar-refractivity contribution in [3.63, 3.8) is 0 Å². The molecule has 1 heterocycles. The number of nitrogens with one attached hydrogen (secondary N) is 1. The van der Waals surface area contributed by atoms with E-state index in [1.54, 1.807) is 6.20 Å². The molecule has 0 saturated carbocycles. The van der Waals surface area contributed by atoms with Gasteiger partial charge in [-0.3, -0.25) is 4.79 Å². The number of likely N-dealkylation sites (N-methyl/N-ethyl adjacent to an activating group) is 1. The number of carbonyl (C=O) groups is 1. The smallest absolute Gasteiger partial charge is 0.254 e. The largest absolute Gasteiger partial charge is 0.350 e. The molecule has 28 heavy (non-hydrogen) atoms. The minimum Gasteiger partial charge on any atom is -0.350 e. The van der Waals surface area contributed by atoms with Crippen LogP contribution in [0.15, 0.2) is 60.8 Å². The van der Waals surface area contributed by atoms with E-state index in [1.807, 2.05) is 56.0 Å². The Kier molecular flexibility index (Phi) is 6.26. The van der Waals surface area contributed by atoms with Crippen LogP contribution in [0, 0.1) is 6.92 Å². The van der Waals surface area contributed by atoms with Crippen molar-refractivity contribution in [1.29, 1.82) is 0 Å². The molecule has 2 aromatic carbocycles. The first-order valence-electron chi connectivity index (χ1n) is 9.64. The third kappa shape index (κ3) is 4.31. The number of carbonyl (C=O) groups excluding carboxylic acids is 1. The molecule has 0 radical (unpaired) electrons. The van der Waals surface area contributed by atoms with Crippen LogP contribution < -0.4 is 5.32 Å². The Balaban J connectivity index is 1.78. The van der Waals surface area contributed by atoms with Crippen LogP contribution in [0.5, 0.6) is 0 Å². The first kappa shape index (κ1) is 19.8. The summed E-state index contributed by atoms with van der Waals surface area (Å²) in [5.41, 5.74) is 4.90. The Morgan fingerprint density at radius 1 is 1.11 bits per heavy atom. The Bertz CT molecular complexity index is 914. The van der Waals surface area contributed by atoms with Crippen molar-refractivity contribution in [2.45, 2.75) is 26.3 Å². The highest BCUT2D eigenvalue weighted by Gasteiger charge is 2.20. The van der Waals surface area contributed by atoms with E-state index in [0.29, 0.717) is 12.1 Å². The van der Waals surface area contributed by atoms with Gasteiger partial charge < -0.3 is 10.2 Å². The van der Waals surface area contributed by atoms with Crippen LogP contribution in [0.2, 0.25) is 0 Å². The molecule has 5 nitrogen and oxygen atoms in total. The van der Waals surface area contributed by atoms with Crippen LogP contribution in [0.4, 0.5) is 0 Å². The minimum atomic E-state index is -0.0852. The van der Waals surface area contributed by atoms with E-state index in [-0.39, 0.29) is 11.9 Å². The summed E-state index contributed by atoms with van der Waals surface area (Å²) >= 11 is 0. The van der Waals surface area contributed by atoms with Gasteiger partial charge in [-0.15, -0.1) is 0 Å². The molecule has 3 rings (SSSR count). The predicted molar refractivity (Wildman–Crippen MR) is 113 cm³/mol. The molecule has 1 atom stereocenters. The molecule has 1 unspecified atom stereocenters. The summed E-state index contributed by atoms with van der Waals surface area (Å²) in [6.07, 6.45) is 2.40. The lowest BCUT2D eigenvalue weighted by atomic mass is 10.1. The third-order valence-corrected chi connectivity index (χ3v) is 4.99. The summed E-state index contributed by atoms with van der Waals surface area (Å²) < 4.78 is 1.86. The minimum absolute atomic E-state index is 0.0852. The third-order valence-electron chi connectivity index (χ3n) is 4.99. The topological polar surface area (TPSA) is 50.2 Å². The van der Waals surface area contributed by atoms with Gasteiger partial charge in [-0.25, -0.2) is 4.68 Å². The van der Waals surface area contributed by atoms with Crippen LogP contribution in [0.3, 0.4) is 0 Å². The summed E-state index contributed by atoms with van der Waals surface area (Å²) in [4.78, 5) is 15.0. The number of aryl methyl sites for hydroxylation is 1. The number of hydrogen-bond donors (Lipinski definition) is 1. The second kappa shape index (κ2) is 8.85. The Morgan fingerprint density at radius 3 is 2.39 bits per heavy atom. The van der Waals surface area contributed by atoms with E-state index in [4.69, 9.17) is 0 Å². The van der Waals surface area contributed by atoms with Gasteiger partial charge in [0.2, 0.25) is 0 Å². The Morgan fingerprint density at radius 2 is 1.79 bits per heavy atom. The molecule has 0 aliphatic carbocycles. The first-order chi connectivity index (χ1) is 13.5. The van der Waals surface area contributed by atoms with Gasteiger partial charge in [0.1, 0.15) is 0 Å². The number of benzene rings is 2. The van der Waals surface area contributed by atoms with Crippen molar-refractivity contribution in [3.05, 3.63) is 83.2 Å². The second-order valence-electron chi connectivity index (χ2n) is 7.21. The lowest BCUT2D eigenvalue weighted by Crippen LogP contribution is -2.34. The van der Waals surface area contributed by atoms with Gasteiger partial charge in [0, 0.05) is 6.54 Å². The highest BCUT2D eigenvalue weighted by molar-refractivity contribution is 5.95. The summed E-state index contributed by atoms with van der Waals surface area (Å²) in [5.74, 6) is -0.0852. The molecule has 5 heteroatoms. The van der Waals surface area contributed by atoms with Crippen LogP contribution in [-0.2, 0) is 6.42 Å². The summed E-state index contributed by atoms with van der Waals surface area (Å²) in [5, 5.41) is 7.57. The van der Waals surface area contributed by atoms with Gasteiger partial charge in [-0.2, -0.15) is 5.10 Å². The van der Waals surface area contributed by atoms with Crippen molar-refractivity contribution in [1.82, 2.24) is 20.0 Å². The molecule has 0 saturated heterocycles. The molecular formula is C23H28N4O. The number of aromatic nitrogens is 2. The van der Waals surface area contributed by atoms with Gasteiger partial charge >= 0.3 is 0 Å². The van der Waals surface area contributed by atoms with Crippen molar-refractivity contribution < 1.29 is 4.79 Å². The predicted octanol–water partition coefficient (Wildman–Crippen LogP) is 3.78. The van der Waals surface area contributed by atoms with Crippen molar-refractivity contribution >= 4 is 5.91 Å². The molecule has 3 aromatic rings. The molecule has 1 N–H and O–H groups in total. The monoisotopic (exact) mass is 376 g/mol. The highest BCUT2D eigenvalue weighted by atomic mass is 16.1. The van der Waals surface area contributed by atoms with E-state index < -0.39 is 0 Å². The SMILES string of the molecule is CCc1c(C(=O)NCC(c2ccccc2)N(C)C)cnn1-c1ccc(C)cc1. The zero-order valence-electron chi connectivity index (χ0n) is 17.0. The molecule has 146 valence electrons. The maximum Gasteiger partial charge on any atom is 0.254 e. The van der Waals surface area contributed by atoms with Crippen LogP contribution >= 0.6 is 0 Å². The van der Waals surface area contributed by atoms with Gasteiger partial charge in [0.05, 0.1) is 29.2 Å². The molecule has 1 amide bonds. The first-order valence-corrected chi connectivity index (χ1v) is 9.64. The quantitative estimate of drug-likeness (QED) is 0.683. The van der Waals surface area contributed by atoms with Gasteiger partial charge in [0.25, 0.3) is 5.91 Å². The molecule has 0 aliphatic heterocycles. The molecular weight excluding hydrogens is 348 g/mol. The van der Waals surface area contributed by atoms with E-state index in [0.717, 1.165) is 17.8 Å². The maximum absolute atomic E-state index is 12.9. The van der Waals surface area contributed by atoms with Gasteiger partial charge in [0.15, 0.2) is 0 Å². The standard InChI is InChI=1S/C23H28N4O/c1-5-21-20(15-25-27(21)19-13-11-17(2)12-14-19)23(28)24-16-22(26(3)4)18-9-7-6-8-10-18/h6-15,22H,5,16H2,1-4H3,(H,24,28). The number of amides is 1. The fraction of sp³-hybridized carbons (Fsp3) is 0.304. The second-order valence-corrected chi connectivity index (χ2v) is 7.21. The fourth-order valence-electron chi connectivity index (χ4n) is 3.37. The summed E-state index contributed by atoms with van der Waals surface area (Å²) in [6, 6.07) is 18.5.